The Morgan fingerprint density at radius 3 is 2.67 bits per heavy atom. The summed E-state index contributed by atoms with van der Waals surface area (Å²) >= 11 is 1.75. The highest BCUT2D eigenvalue weighted by Gasteiger charge is 2.26. The largest absolute Gasteiger partial charge is 0.341 e. The normalized spacial score (nSPS) is 18.2. The van der Waals surface area contributed by atoms with E-state index < -0.39 is 0 Å². The van der Waals surface area contributed by atoms with Gasteiger partial charge in [0.2, 0.25) is 5.91 Å². The summed E-state index contributed by atoms with van der Waals surface area (Å²) in [5.74, 6) is 1.85. The Morgan fingerprint density at radius 2 is 2.10 bits per heavy atom. The number of nitrogens with two attached hydrogens (primary N) is 1. The van der Waals surface area contributed by atoms with Crippen molar-refractivity contribution in [2.45, 2.75) is 45.1 Å². The number of piperidine rings is 1. The van der Waals surface area contributed by atoms with Crippen LogP contribution in [-0.4, -0.2) is 67.0 Å². The number of carbonyl (C=O) groups excluding carboxylic acids is 1. The minimum absolute atomic E-state index is 0.154. The topological polar surface area (TPSA) is 49.6 Å². The van der Waals surface area contributed by atoms with E-state index in [2.05, 4.69) is 25.1 Å². The molecule has 0 saturated carbocycles. The average Bonchev–Trinajstić information content (AvgIpc) is 2.50. The quantitative estimate of drug-likeness (QED) is 0.707. The van der Waals surface area contributed by atoms with Crippen LogP contribution in [0.4, 0.5) is 0 Å². The molecule has 1 rings (SSSR count). The predicted molar refractivity (Wildman–Crippen MR) is 92.7 cm³/mol. The zero-order chi connectivity index (χ0) is 15.7. The maximum Gasteiger partial charge on any atom is 0.239 e. The van der Waals surface area contributed by atoms with Gasteiger partial charge in [0.15, 0.2) is 0 Å². The summed E-state index contributed by atoms with van der Waals surface area (Å²) in [6, 6.07) is -0.304. The summed E-state index contributed by atoms with van der Waals surface area (Å²) in [6.45, 7) is 6.37. The third-order valence-corrected chi connectivity index (χ3v) is 4.98. The SMILES string of the molecule is CCCCN(C)CC1CCN(C(=O)[C@@H](N)CCSC)CC1. The molecule has 1 fully saturated rings. The van der Waals surface area contributed by atoms with Gasteiger partial charge in [-0.15, -0.1) is 0 Å². The van der Waals surface area contributed by atoms with E-state index in [1.165, 1.54) is 25.9 Å². The predicted octanol–water partition coefficient (Wildman–Crippen LogP) is 2.04. The first-order chi connectivity index (χ1) is 10.1. The van der Waals surface area contributed by atoms with Gasteiger partial charge in [-0.2, -0.15) is 11.8 Å². The second-order valence-electron chi connectivity index (χ2n) is 6.27. The Balaban J connectivity index is 2.26. The molecule has 1 amide bonds. The second kappa shape index (κ2) is 10.5. The van der Waals surface area contributed by atoms with E-state index in [9.17, 15) is 4.79 Å². The number of unbranched alkanes of at least 4 members (excludes halogenated alkanes) is 1. The van der Waals surface area contributed by atoms with Crippen molar-refractivity contribution in [1.82, 2.24) is 9.80 Å². The number of hydrogen-bond donors (Lipinski definition) is 1. The third kappa shape index (κ3) is 7.02. The van der Waals surface area contributed by atoms with E-state index in [-0.39, 0.29) is 11.9 Å². The Bertz CT molecular complexity index is 293. The summed E-state index contributed by atoms with van der Waals surface area (Å²) in [5.41, 5.74) is 5.99. The Hall–Kier alpha value is -0.260. The van der Waals surface area contributed by atoms with Crippen LogP contribution in [0.3, 0.4) is 0 Å². The van der Waals surface area contributed by atoms with Crippen LogP contribution in [0, 0.1) is 5.92 Å². The first-order valence-corrected chi connectivity index (χ1v) is 9.69. The number of nitrogens with zero attached hydrogens (tertiary/aromatic N) is 2. The molecular formula is C16H33N3OS. The zero-order valence-electron chi connectivity index (χ0n) is 14.0. The van der Waals surface area contributed by atoms with Crippen LogP contribution in [0.5, 0.6) is 0 Å². The van der Waals surface area contributed by atoms with Crippen LogP contribution >= 0.6 is 11.8 Å². The van der Waals surface area contributed by atoms with E-state index in [0.717, 1.165) is 44.0 Å². The molecule has 5 heteroatoms. The van der Waals surface area contributed by atoms with Crippen LogP contribution < -0.4 is 5.73 Å². The lowest BCUT2D eigenvalue weighted by Crippen LogP contribution is -2.48. The van der Waals surface area contributed by atoms with E-state index in [0.29, 0.717) is 0 Å². The van der Waals surface area contributed by atoms with Gasteiger partial charge in [0.1, 0.15) is 0 Å². The molecule has 0 spiro atoms. The minimum Gasteiger partial charge on any atom is -0.341 e. The highest BCUT2D eigenvalue weighted by molar-refractivity contribution is 7.98. The van der Waals surface area contributed by atoms with Crippen molar-refractivity contribution in [3.8, 4) is 0 Å². The van der Waals surface area contributed by atoms with Gasteiger partial charge >= 0.3 is 0 Å². The van der Waals surface area contributed by atoms with Gasteiger partial charge in [0.05, 0.1) is 6.04 Å². The number of hydrogen-bond acceptors (Lipinski definition) is 4. The fourth-order valence-corrected chi connectivity index (χ4v) is 3.39. The summed E-state index contributed by atoms with van der Waals surface area (Å²) in [6.07, 6.45) is 7.62. The fourth-order valence-electron chi connectivity index (χ4n) is 2.90. The van der Waals surface area contributed by atoms with Gasteiger partial charge in [-0.25, -0.2) is 0 Å². The number of thioether (sulfide) groups is 1. The Labute approximate surface area is 134 Å². The van der Waals surface area contributed by atoms with Gasteiger partial charge in [0.25, 0.3) is 0 Å². The summed E-state index contributed by atoms with van der Waals surface area (Å²) in [7, 11) is 2.21. The minimum atomic E-state index is -0.304. The molecule has 2 N–H and O–H groups in total. The Kier molecular flexibility index (Phi) is 9.36. The van der Waals surface area contributed by atoms with E-state index >= 15 is 0 Å². The number of amides is 1. The van der Waals surface area contributed by atoms with Crippen molar-refractivity contribution >= 4 is 17.7 Å². The molecule has 0 aromatic heterocycles. The lowest BCUT2D eigenvalue weighted by Gasteiger charge is -2.35. The van der Waals surface area contributed by atoms with Crippen molar-refractivity contribution in [2.75, 3.05) is 45.2 Å². The molecule has 1 saturated heterocycles. The van der Waals surface area contributed by atoms with Crippen molar-refractivity contribution < 1.29 is 4.79 Å². The molecule has 124 valence electrons. The van der Waals surface area contributed by atoms with Crippen LogP contribution in [-0.2, 0) is 4.79 Å². The van der Waals surface area contributed by atoms with Crippen LogP contribution in [0.2, 0.25) is 0 Å². The number of rotatable bonds is 9. The average molecular weight is 316 g/mol. The fraction of sp³-hybridized carbons (Fsp3) is 0.938. The molecule has 0 radical (unpaired) electrons. The summed E-state index contributed by atoms with van der Waals surface area (Å²) in [4.78, 5) is 16.7. The van der Waals surface area contributed by atoms with Gasteiger partial charge < -0.3 is 15.5 Å². The van der Waals surface area contributed by atoms with E-state index in [4.69, 9.17) is 5.73 Å². The second-order valence-corrected chi connectivity index (χ2v) is 7.26. The molecular weight excluding hydrogens is 282 g/mol. The first kappa shape index (κ1) is 18.8. The van der Waals surface area contributed by atoms with Gasteiger partial charge in [-0.3, -0.25) is 4.79 Å². The lowest BCUT2D eigenvalue weighted by atomic mass is 9.95. The molecule has 0 bridgehead atoms. The number of carbonyl (C=O) groups is 1. The Morgan fingerprint density at radius 1 is 1.43 bits per heavy atom. The maximum absolute atomic E-state index is 12.3. The molecule has 1 aliphatic heterocycles. The molecule has 0 unspecified atom stereocenters. The number of likely N-dealkylation sites (tertiary alicyclic amines) is 1. The molecule has 0 aromatic carbocycles. The van der Waals surface area contributed by atoms with Crippen LogP contribution in [0.1, 0.15) is 39.0 Å². The van der Waals surface area contributed by atoms with Crippen LogP contribution in [0.15, 0.2) is 0 Å². The zero-order valence-corrected chi connectivity index (χ0v) is 14.8. The highest BCUT2D eigenvalue weighted by atomic mass is 32.2. The molecule has 1 aliphatic rings. The smallest absolute Gasteiger partial charge is 0.239 e. The maximum atomic E-state index is 12.3. The first-order valence-electron chi connectivity index (χ1n) is 8.30. The van der Waals surface area contributed by atoms with Gasteiger partial charge in [0, 0.05) is 19.6 Å². The van der Waals surface area contributed by atoms with Crippen molar-refractivity contribution in [2.24, 2.45) is 11.7 Å². The van der Waals surface area contributed by atoms with E-state index in [1.807, 2.05) is 4.90 Å². The molecule has 0 aromatic rings. The monoisotopic (exact) mass is 315 g/mol. The molecule has 1 heterocycles. The van der Waals surface area contributed by atoms with Gasteiger partial charge in [-0.1, -0.05) is 13.3 Å². The molecule has 21 heavy (non-hydrogen) atoms. The van der Waals surface area contributed by atoms with E-state index in [1.54, 1.807) is 11.8 Å². The molecule has 0 aliphatic carbocycles. The summed E-state index contributed by atoms with van der Waals surface area (Å²) < 4.78 is 0. The van der Waals surface area contributed by atoms with Crippen molar-refractivity contribution in [3.05, 3.63) is 0 Å². The highest BCUT2D eigenvalue weighted by Crippen LogP contribution is 2.19. The lowest BCUT2D eigenvalue weighted by molar-refractivity contribution is -0.134. The van der Waals surface area contributed by atoms with Crippen molar-refractivity contribution in [3.63, 3.8) is 0 Å². The summed E-state index contributed by atoms with van der Waals surface area (Å²) in [5, 5.41) is 0. The third-order valence-electron chi connectivity index (χ3n) is 4.34. The standard InChI is InChI=1S/C16H33N3OS/c1-4-5-9-18(2)13-14-6-10-19(11-7-14)16(20)15(17)8-12-21-3/h14-15H,4-13,17H2,1-3H3/t15-/m0/s1. The van der Waals surface area contributed by atoms with Gasteiger partial charge in [-0.05, 0) is 57.2 Å². The molecule has 1 atom stereocenters. The van der Waals surface area contributed by atoms with Crippen LogP contribution in [0.25, 0.3) is 0 Å². The van der Waals surface area contributed by atoms with Crippen molar-refractivity contribution in [1.29, 1.82) is 0 Å². The molecule has 4 nitrogen and oxygen atoms in total.